The van der Waals surface area contributed by atoms with Gasteiger partial charge in [-0.3, -0.25) is 0 Å². The first-order valence-corrected chi connectivity index (χ1v) is 16.0. The van der Waals surface area contributed by atoms with Crippen molar-refractivity contribution in [3.63, 3.8) is 0 Å². The molecule has 0 amide bonds. The molecule has 0 aliphatic heterocycles. The van der Waals surface area contributed by atoms with E-state index in [4.69, 9.17) is 0 Å². The second kappa shape index (κ2) is 8.87. The van der Waals surface area contributed by atoms with E-state index in [0.29, 0.717) is 0 Å². The maximum absolute atomic E-state index is 11.2. The molecule has 4 rings (SSSR count). The Morgan fingerprint density at radius 1 is 0.406 bits per heavy atom. The Bertz CT molecular complexity index is 1150. The fraction of sp³-hybridized carbons (Fsp3) is 0. The molecular formula is C24H18F6SSb-. The van der Waals surface area contributed by atoms with E-state index >= 15 is 0 Å². The third-order valence-corrected chi connectivity index (χ3v) is 5.17. The van der Waals surface area contributed by atoms with Gasteiger partial charge in [0.2, 0.25) is 0 Å². The second-order valence-corrected chi connectivity index (χ2v) is 13.4. The molecule has 0 unspecified atom stereocenters. The molecule has 0 spiro atoms. The van der Waals surface area contributed by atoms with Crippen LogP contribution >= 0.6 is 11.8 Å². The van der Waals surface area contributed by atoms with Gasteiger partial charge in [0.1, 0.15) is 0 Å². The molecule has 0 nitrogen and oxygen atoms in total. The molecule has 0 saturated carbocycles. The molecule has 0 aliphatic rings. The van der Waals surface area contributed by atoms with Gasteiger partial charge in [-0.1, -0.05) is 96.7 Å². The Hall–Kier alpha value is -2.37. The van der Waals surface area contributed by atoms with Crippen molar-refractivity contribution in [3.05, 3.63) is 109 Å². The van der Waals surface area contributed by atoms with Crippen molar-refractivity contribution in [2.24, 2.45) is 0 Å². The van der Waals surface area contributed by atoms with Crippen molar-refractivity contribution < 1.29 is 16.9 Å². The number of rotatable bonds is 4. The average molecular weight is 574 g/mol. The fourth-order valence-corrected chi connectivity index (χ4v) is 3.77. The van der Waals surface area contributed by atoms with E-state index in [-0.39, 0.29) is 0 Å². The first-order valence-electron chi connectivity index (χ1n) is 9.39. The van der Waals surface area contributed by atoms with Gasteiger partial charge in [-0.15, -0.1) is 0 Å². The molecule has 0 heterocycles. The van der Waals surface area contributed by atoms with Gasteiger partial charge in [-0.05, 0) is 46.5 Å². The second-order valence-electron chi connectivity index (χ2n) is 6.81. The summed E-state index contributed by atoms with van der Waals surface area (Å²) in [5.74, 6) is 0. The zero-order chi connectivity index (χ0) is 23.3. The van der Waals surface area contributed by atoms with Gasteiger partial charge in [-0.2, -0.15) is 0 Å². The summed E-state index contributed by atoms with van der Waals surface area (Å²) < 4.78 is 59.6. The molecule has 0 radical (unpaired) electrons. The summed E-state index contributed by atoms with van der Waals surface area (Å²) in [6.45, 7) is 0. The molecular weight excluding hydrogens is 556 g/mol. The largest absolute Gasteiger partial charge is 0.0901 e. The molecule has 0 aromatic heterocycles. The van der Waals surface area contributed by atoms with Gasteiger partial charge >= 0.3 is 36.4 Å². The summed E-state index contributed by atoms with van der Waals surface area (Å²) in [6.07, 6.45) is 0. The van der Waals surface area contributed by atoms with Crippen LogP contribution < -0.4 is 0 Å². The minimum absolute atomic E-state index is 1.25. The van der Waals surface area contributed by atoms with Crippen LogP contribution in [0.2, 0.25) is 0 Å². The van der Waals surface area contributed by atoms with Crippen LogP contribution in [-0.4, -0.2) is 19.5 Å². The van der Waals surface area contributed by atoms with Crippen LogP contribution in [0.3, 0.4) is 0 Å². The van der Waals surface area contributed by atoms with Crippen LogP contribution in [0.1, 0.15) is 0 Å². The normalized spacial score (nSPS) is 13.3. The van der Waals surface area contributed by atoms with Crippen LogP contribution in [0.25, 0.3) is 22.3 Å². The Morgan fingerprint density at radius 2 is 0.750 bits per heavy atom. The zero-order valence-electron chi connectivity index (χ0n) is 16.5. The van der Waals surface area contributed by atoms with Crippen LogP contribution in [-0.2, 0) is 0 Å². The number of halogens is 6. The molecule has 8 heteroatoms. The van der Waals surface area contributed by atoms with E-state index in [2.05, 4.69) is 103 Å². The predicted octanol–water partition coefficient (Wildman–Crippen LogP) is 9.31. The summed E-state index contributed by atoms with van der Waals surface area (Å²) in [5.41, 5.74) is 5.04. The Morgan fingerprint density at radius 3 is 1.22 bits per heavy atom. The monoisotopic (exact) mass is 573 g/mol. The summed E-state index contributed by atoms with van der Waals surface area (Å²) >= 11 is -9.46. The van der Waals surface area contributed by atoms with Crippen LogP contribution in [0.4, 0.5) is 16.9 Å². The number of hydrogen-bond donors (Lipinski definition) is 0. The quantitative estimate of drug-likeness (QED) is 0.173. The Balaban J connectivity index is 0.000000360. The van der Waals surface area contributed by atoms with Gasteiger partial charge in [0.05, 0.1) is 0 Å². The van der Waals surface area contributed by atoms with E-state index in [0.717, 1.165) is 0 Å². The molecule has 0 N–H and O–H groups in total. The molecule has 0 aliphatic carbocycles. The maximum atomic E-state index is 9.93. The van der Waals surface area contributed by atoms with Crippen LogP contribution in [0.5, 0.6) is 0 Å². The van der Waals surface area contributed by atoms with Gasteiger partial charge in [0.15, 0.2) is 0 Å². The molecule has 168 valence electrons. The summed E-state index contributed by atoms with van der Waals surface area (Å²) in [4.78, 5) is 2.52. The zero-order valence-corrected chi connectivity index (χ0v) is 19.9. The van der Waals surface area contributed by atoms with E-state index in [1.807, 2.05) is 6.07 Å². The van der Waals surface area contributed by atoms with Gasteiger partial charge in [0.25, 0.3) is 0 Å². The van der Waals surface area contributed by atoms with Gasteiger partial charge < -0.3 is 0 Å². The molecule has 4 aromatic rings. The topological polar surface area (TPSA) is 0 Å². The predicted molar refractivity (Wildman–Crippen MR) is 120 cm³/mol. The average Bonchev–Trinajstić information content (AvgIpc) is 2.74. The molecule has 0 saturated heterocycles. The summed E-state index contributed by atoms with van der Waals surface area (Å²) in [5, 5.41) is 0. The molecule has 0 fully saturated rings. The van der Waals surface area contributed by atoms with Crippen molar-refractivity contribution in [1.82, 2.24) is 0 Å². The first-order chi connectivity index (χ1) is 14.8. The van der Waals surface area contributed by atoms with E-state index in [1.165, 1.54) is 32.0 Å². The van der Waals surface area contributed by atoms with Crippen LogP contribution in [0.15, 0.2) is 119 Å². The smallest absolute Gasteiger partial charge is 0.0122 e. The van der Waals surface area contributed by atoms with Crippen molar-refractivity contribution in [1.29, 1.82) is 0 Å². The maximum Gasteiger partial charge on any atom is 0.0122 e. The molecule has 0 atom stereocenters. The molecule has 0 bridgehead atoms. The first kappa shape index (κ1) is 24.3. The van der Waals surface area contributed by atoms with Crippen molar-refractivity contribution in [3.8, 4) is 22.3 Å². The fourth-order valence-electron chi connectivity index (χ4n) is 2.93. The summed E-state index contributed by atoms with van der Waals surface area (Å²) in [7, 11) is 0. The van der Waals surface area contributed by atoms with E-state index in [9.17, 15) is 16.9 Å². The summed E-state index contributed by atoms with van der Waals surface area (Å²) in [6, 6.07) is 38.5. The van der Waals surface area contributed by atoms with Crippen molar-refractivity contribution >= 4 is 31.2 Å². The van der Waals surface area contributed by atoms with E-state index < -0.39 is 19.5 Å². The number of hydrogen-bond acceptors (Lipinski definition) is 1. The third kappa shape index (κ3) is 9.01. The Labute approximate surface area is 188 Å². The molecule has 4 aromatic carbocycles. The molecule has 32 heavy (non-hydrogen) atoms. The third-order valence-electron chi connectivity index (χ3n) is 4.16. The Kier molecular flexibility index (Phi) is 6.73. The minimum atomic E-state index is -11.2. The van der Waals surface area contributed by atoms with Gasteiger partial charge in [0, 0.05) is 9.79 Å². The van der Waals surface area contributed by atoms with Gasteiger partial charge in [-0.25, -0.2) is 0 Å². The standard InChI is InChI=1S/C24H18S.6FH.Sb/c1-3-9-19(10-4-1)23-13-7-8-14-24(23)20-15-17-22(18-16-20)25-21-11-5-2-6-12-21;;;;;;;/h1-18H;6*1H;/q;;;;;;;+5/p-6. The SMILES string of the molecule is [F][Sb-]([F])([F])([F])([F])[F].c1ccc(Sc2ccc(-c3ccccc3-c3ccccc3)cc2)cc1. The number of benzene rings is 4. The van der Waals surface area contributed by atoms with Crippen LogP contribution in [0, 0.1) is 0 Å². The van der Waals surface area contributed by atoms with Crippen molar-refractivity contribution in [2.45, 2.75) is 9.79 Å². The van der Waals surface area contributed by atoms with E-state index in [1.54, 1.807) is 11.8 Å². The van der Waals surface area contributed by atoms with Crippen molar-refractivity contribution in [2.75, 3.05) is 0 Å². The minimum Gasteiger partial charge on any atom is -0.0901 e.